The van der Waals surface area contributed by atoms with E-state index in [1.54, 1.807) is 0 Å². The van der Waals surface area contributed by atoms with Crippen LogP contribution in [-0.4, -0.2) is 53.2 Å². The van der Waals surface area contributed by atoms with Crippen LogP contribution in [0.15, 0.2) is 0 Å². The van der Waals surface area contributed by atoms with Crippen LogP contribution in [0.2, 0.25) is 0 Å². The van der Waals surface area contributed by atoms with E-state index in [1.807, 2.05) is 25.7 Å². The van der Waals surface area contributed by atoms with Crippen LogP contribution in [-0.2, 0) is 4.74 Å². The third-order valence-electron chi connectivity index (χ3n) is 4.26. The molecule has 2 unspecified atom stereocenters. The van der Waals surface area contributed by atoms with Crippen molar-refractivity contribution in [2.24, 2.45) is 5.92 Å². The topological polar surface area (TPSA) is 32.8 Å². The molecule has 0 bridgehead atoms. The van der Waals surface area contributed by atoms with Gasteiger partial charge in [-0.05, 0) is 52.5 Å². The Kier molecular flexibility index (Phi) is 2.81. The molecule has 3 fully saturated rings. The molecule has 18 heavy (non-hydrogen) atoms. The van der Waals surface area contributed by atoms with Gasteiger partial charge in [0, 0.05) is 25.2 Å². The average molecular weight is 252 g/mol. The fraction of sp³-hybridized carbons (Fsp3) is 0.929. The van der Waals surface area contributed by atoms with Gasteiger partial charge < -0.3 is 9.64 Å². The van der Waals surface area contributed by atoms with Gasteiger partial charge in [0.2, 0.25) is 0 Å². The van der Waals surface area contributed by atoms with Gasteiger partial charge >= 0.3 is 6.09 Å². The summed E-state index contributed by atoms with van der Waals surface area (Å²) < 4.78 is 5.47. The highest BCUT2D eigenvalue weighted by atomic mass is 16.6. The highest BCUT2D eigenvalue weighted by Crippen LogP contribution is 2.39. The second kappa shape index (κ2) is 4.12. The smallest absolute Gasteiger partial charge is 0.410 e. The number of likely N-dealkylation sites (tertiary alicyclic amines) is 2. The van der Waals surface area contributed by atoms with E-state index >= 15 is 0 Å². The molecule has 1 aliphatic carbocycles. The Hall–Kier alpha value is -0.770. The van der Waals surface area contributed by atoms with Crippen LogP contribution >= 0.6 is 0 Å². The third kappa shape index (κ3) is 2.35. The molecule has 0 aromatic carbocycles. The largest absolute Gasteiger partial charge is 0.444 e. The standard InChI is InChI=1S/C14H24N2O2/c1-14(2,3)18-13(17)15-8-10-6-7-16(11-4-5-11)12(10)9-15/h10-12H,4-9H2,1-3H3. The predicted molar refractivity (Wildman–Crippen MR) is 69.4 cm³/mol. The van der Waals surface area contributed by atoms with E-state index in [2.05, 4.69) is 4.90 Å². The molecule has 102 valence electrons. The first-order valence-corrected chi connectivity index (χ1v) is 7.18. The molecule has 1 saturated carbocycles. The van der Waals surface area contributed by atoms with E-state index in [-0.39, 0.29) is 11.7 Å². The molecule has 4 heteroatoms. The molecule has 0 N–H and O–H groups in total. The summed E-state index contributed by atoms with van der Waals surface area (Å²) in [5.41, 5.74) is -0.384. The van der Waals surface area contributed by atoms with Crippen LogP contribution in [0.1, 0.15) is 40.0 Å². The number of hydrogen-bond donors (Lipinski definition) is 0. The third-order valence-corrected chi connectivity index (χ3v) is 4.26. The number of hydrogen-bond acceptors (Lipinski definition) is 3. The van der Waals surface area contributed by atoms with Crippen molar-refractivity contribution in [3.63, 3.8) is 0 Å². The maximum absolute atomic E-state index is 12.1. The fourth-order valence-electron chi connectivity index (χ4n) is 3.33. The van der Waals surface area contributed by atoms with E-state index in [0.29, 0.717) is 12.0 Å². The summed E-state index contributed by atoms with van der Waals surface area (Å²) in [5, 5.41) is 0. The molecule has 2 atom stereocenters. The van der Waals surface area contributed by atoms with E-state index in [4.69, 9.17) is 4.74 Å². The fourth-order valence-corrected chi connectivity index (χ4v) is 3.33. The van der Waals surface area contributed by atoms with E-state index < -0.39 is 0 Å². The lowest BCUT2D eigenvalue weighted by Crippen LogP contribution is -2.40. The number of ether oxygens (including phenoxy) is 1. The van der Waals surface area contributed by atoms with E-state index in [1.165, 1.54) is 25.8 Å². The van der Waals surface area contributed by atoms with Crippen molar-refractivity contribution in [1.29, 1.82) is 0 Å². The maximum Gasteiger partial charge on any atom is 0.410 e. The van der Waals surface area contributed by atoms with E-state index in [9.17, 15) is 4.79 Å². The SMILES string of the molecule is CC(C)(C)OC(=O)N1CC2CCN(C3CC3)C2C1. The molecule has 0 aromatic rings. The van der Waals surface area contributed by atoms with Crippen molar-refractivity contribution in [2.45, 2.75) is 57.7 Å². The van der Waals surface area contributed by atoms with Crippen molar-refractivity contribution >= 4 is 6.09 Å². The van der Waals surface area contributed by atoms with Gasteiger partial charge in [-0.2, -0.15) is 0 Å². The number of fused-ring (bicyclic) bond motifs is 1. The molecule has 3 rings (SSSR count). The van der Waals surface area contributed by atoms with Crippen molar-refractivity contribution < 1.29 is 9.53 Å². The lowest BCUT2D eigenvalue weighted by Gasteiger charge is -2.26. The zero-order valence-electron chi connectivity index (χ0n) is 11.7. The first-order valence-electron chi connectivity index (χ1n) is 7.18. The normalized spacial score (nSPS) is 32.7. The summed E-state index contributed by atoms with van der Waals surface area (Å²) in [6.07, 6.45) is 3.83. The summed E-state index contributed by atoms with van der Waals surface area (Å²) in [6, 6.07) is 1.42. The first-order chi connectivity index (χ1) is 8.44. The minimum Gasteiger partial charge on any atom is -0.444 e. The molecule has 3 aliphatic rings. The molecular weight excluding hydrogens is 228 g/mol. The quantitative estimate of drug-likeness (QED) is 0.716. The Labute approximate surface area is 109 Å². The van der Waals surface area contributed by atoms with Gasteiger partial charge in [-0.3, -0.25) is 4.90 Å². The second-order valence-corrected chi connectivity index (χ2v) is 6.97. The summed E-state index contributed by atoms with van der Waals surface area (Å²) in [7, 11) is 0. The zero-order chi connectivity index (χ0) is 12.9. The van der Waals surface area contributed by atoms with Gasteiger partial charge in [0.15, 0.2) is 0 Å². The number of carbonyl (C=O) groups excluding carboxylic acids is 1. The molecule has 1 amide bonds. The lowest BCUT2D eigenvalue weighted by atomic mass is 10.1. The van der Waals surface area contributed by atoms with Gasteiger partial charge in [-0.25, -0.2) is 4.79 Å². The van der Waals surface area contributed by atoms with Crippen LogP contribution in [0.25, 0.3) is 0 Å². The minimum atomic E-state index is -0.384. The first kappa shape index (κ1) is 12.3. The average Bonchev–Trinajstić information content (AvgIpc) is 2.87. The zero-order valence-corrected chi connectivity index (χ0v) is 11.7. The van der Waals surface area contributed by atoms with Gasteiger partial charge in [0.25, 0.3) is 0 Å². The Balaban J connectivity index is 1.60. The number of rotatable bonds is 1. The van der Waals surface area contributed by atoms with Crippen LogP contribution < -0.4 is 0 Å². The summed E-state index contributed by atoms with van der Waals surface area (Å²) in [5.74, 6) is 0.679. The van der Waals surface area contributed by atoms with Crippen molar-refractivity contribution in [1.82, 2.24) is 9.80 Å². The monoisotopic (exact) mass is 252 g/mol. The molecule has 2 heterocycles. The Bertz CT molecular complexity index is 346. The van der Waals surface area contributed by atoms with Crippen molar-refractivity contribution in [3.8, 4) is 0 Å². The van der Waals surface area contributed by atoms with Crippen LogP contribution in [0.3, 0.4) is 0 Å². The van der Waals surface area contributed by atoms with Crippen LogP contribution in [0.5, 0.6) is 0 Å². The molecule has 0 spiro atoms. The Morgan fingerprint density at radius 3 is 2.50 bits per heavy atom. The summed E-state index contributed by atoms with van der Waals surface area (Å²) in [6.45, 7) is 8.79. The molecular formula is C14H24N2O2. The van der Waals surface area contributed by atoms with Gasteiger partial charge in [0.05, 0.1) is 0 Å². The van der Waals surface area contributed by atoms with Gasteiger partial charge in [-0.15, -0.1) is 0 Å². The lowest BCUT2D eigenvalue weighted by molar-refractivity contribution is 0.0271. The highest BCUT2D eigenvalue weighted by Gasteiger charge is 2.47. The molecule has 0 aromatic heterocycles. The molecule has 4 nitrogen and oxygen atoms in total. The van der Waals surface area contributed by atoms with Gasteiger partial charge in [-0.1, -0.05) is 0 Å². The second-order valence-electron chi connectivity index (χ2n) is 6.97. The van der Waals surface area contributed by atoms with Crippen LogP contribution in [0.4, 0.5) is 4.79 Å². The summed E-state index contributed by atoms with van der Waals surface area (Å²) >= 11 is 0. The van der Waals surface area contributed by atoms with Crippen molar-refractivity contribution in [3.05, 3.63) is 0 Å². The minimum absolute atomic E-state index is 0.132. The molecule has 2 aliphatic heterocycles. The summed E-state index contributed by atoms with van der Waals surface area (Å²) in [4.78, 5) is 16.6. The number of carbonyl (C=O) groups is 1. The Morgan fingerprint density at radius 1 is 1.17 bits per heavy atom. The van der Waals surface area contributed by atoms with E-state index in [0.717, 1.165) is 19.1 Å². The molecule has 0 radical (unpaired) electrons. The van der Waals surface area contributed by atoms with Crippen molar-refractivity contribution in [2.75, 3.05) is 19.6 Å². The van der Waals surface area contributed by atoms with Crippen LogP contribution in [0, 0.1) is 5.92 Å². The van der Waals surface area contributed by atoms with Gasteiger partial charge in [0.1, 0.15) is 5.60 Å². The highest BCUT2D eigenvalue weighted by molar-refractivity contribution is 5.68. The maximum atomic E-state index is 12.1. The number of amides is 1. The molecule has 2 saturated heterocycles. The number of nitrogens with zero attached hydrogens (tertiary/aromatic N) is 2. The Morgan fingerprint density at radius 2 is 1.89 bits per heavy atom. The predicted octanol–water partition coefficient (Wildman–Crippen LogP) is 2.09.